The molecule has 0 aliphatic rings. The lowest BCUT2D eigenvalue weighted by molar-refractivity contribution is -0.227. The van der Waals surface area contributed by atoms with Crippen LogP contribution in [0.1, 0.15) is 10.5 Å². The molecule has 5 heteroatoms. The normalized spacial score (nSPS) is 10.2. The van der Waals surface area contributed by atoms with Crippen LogP contribution in [0.15, 0.2) is 30.3 Å². The molecule has 15 heavy (non-hydrogen) atoms. The van der Waals surface area contributed by atoms with Crippen LogP contribution in [0.25, 0.3) is 10.9 Å². The standard InChI is InChI=1S/C10H7NO4/c12-9(10(13)15-14)8-5-6-3-1-2-4-7(6)11-8/h1-5,11,14H. The number of carbonyl (C=O) groups excluding carboxylic acids is 2. The fourth-order valence-corrected chi connectivity index (χ4v) is 1.35. The van der Waals surface area contributed by atoms with Gasteiger partial charge in [0.2, 0.25) is 0 Å². The molecular formula is C10H7NO4. The Labute approximate surface area is 84.2 Å². The molecule has 76 valence electrons. The number of nitrogens with one attached hydrogen (secondary N) is 1. The van der Waals surface area contributed by atoms with Gasteiger partial charge in [-0.05, 0) is 12.1 Å². The van der Waals surface area contributed by atoms with Gasteiger partial charge in [-0.25, -0.2) is 4.79 Å². The number of hydrogen-bond donors (Lipinski definition) is 2. The Morgan fingerprint density at radius 1 is 1.27 bits per heavy atom. The Morgan fingerprint density at radius 3 is 2.67 bits per heavy atom. The van der Waals surface area contributed by atoms with Crippen molar-refractivity contribution in [2.45, 2.75) is 0 Å². The summed E-state index contributed by atoms with van der Waals surface area (Å²) in [7, 11) is 0. The first kappa shape index (κ1) is 9.42. The summed E-state index contributed by atoms with van der Waals surface area (Å²) in [5.41, 5.74) is 0.835. The van der Waals surface area contributed by atoms with E-state index < -0.39 is 11.8 Å². The van der Waals surface area contributed by atoms with Gasteiger partial charge in [-0.3, -0.25) is 9.68 Å². The number of ketones is 1. The Bertz CT molecular complexity index is 496. The first-order valence-corrected chi connectivity index (χ1v) is 4.20. The van der Waals surface area contributed by atoms with Crippen molar-refractivity contribution in [1.82, 2.24) is 4.98 Å². The quantitative estimate of drug-likeness (QED) is 0.336. The monoisotopic (exact) mass is 205 g/mol. The highest BCUT2D eigenvalue weighted by molar-refractivity contribution is 6.40. The van der Waals surface area contributed by atoms with E-state index in [0.29, 0.717) is 0 Å². The Kier molecular flexibility index (Phi) is 2.23. The van der Waals surface area contributed by atoms with E-state index >= 15 is 0 Å². The minimum atomic E-state index is -1.30. The minimum Gasteiger partial charge on any atom is -0.352 e. The molecule has 0 fully saturated rings. The van der Waals surface area contributed by atoms with Crippen molar-refractivity contribution in [3.8, 4) is 0 Å². The third-order valence-corrected chi connectivity index (χ3v) is 2.04. The van der Waals surface area contributed by atoms with E-state index in [0.717, 1.165) is 10.9 Å². The summed E-state index contributed by atoms with van der Waals surface area (Å²) in [5.74, 6) is -2.21. The minimum absolute atomic E-state index is 0.0928. The molecule has 5 nitrogen and oxygen atoms in total. The summed E-state index contributed by atoms with van der Waals surface area (Å²) in [5, 5.41) is 8.87. The molecule has 1 aromatic heterocycles. The number of fused-ring (bicyclic) bond motifs is 1. The van der Waals surface area contributed by atoms with Gasteiger partial charge in [0.05, 0.1) is 5.69 Å². The van der Waals surface area contributed by atoms with Crippen molar-refractivity contribution in [2.75, 3.05) is 0 Å². The summed E-state index contributed by atoms with van der Waals surface area (Å²) in [4.78, 5) is 28.1. The molecule has 0 saturated heterocycles. The number of aromatic nitrogens is 1. The first-order valence-electron chi connectivity index (χ1n) is 4.20. The van der Waals surface area contributed by atoms with Gasteiger partial charge in [-0.2, -0.15) is 5.26 Å². The van der Waals surface area contributed by atoms with Crippen LogP contribution in [0, 0.1) is 0 Å². The molecule has 0 saturated carbocycles. The smallest absolute Gasteiger partial charge is 0.352 e. The van der Waals surface area contributed by atoms with E-state index in [1.807, 2.05) is 6.07 Å². The number of para-hydroxylation sites is 1. The largest absolute Gasteiger partial charge is 0.414 e. The van der Waals surface area contributed by atoms with Gasteiger partial charge >= 0.3 is 5.97 Å². The number of benzene rings is 1. The summed E-state index contributed by atoms with van der Waals surface area (Å²) in [6.45, 7) is 0. The number of rotatable bonds is 2. The summed E-state index contributed by atoms with van der Waals surface area (Å²) >= 11 is 0. The van der Waals surface area contributed by atoms with Crippen molar-refractivity contribution in [2.24, 2.45) is 0 Å². The van der Waals surface area contributed by atoms with Gasteiger partial charge in [0.25, 0.3) is 5.78 Å². The molecule has 0 radical (unpaired) electrons. The maximum atomic E-state index is 11.3. The molecule has 0 unspecified atom stereocenters. The molecule has 0 aliphatic carbocycles. The summed E-state index contributed by atoms with van der Waals surface area (Å²) in [6, 6.07) is 8.71. The van der Waals surface area contributed by atoms with Crippen molar-refractivity contribution >= 4 is 22.7 Å². The topological polar surface area (TPSA) is 79.4 Å². The molecule has 0 bridgehead atoms. The van der Waals surface area contributed by atoms with Crippen molar-refractivity contribution in [3.05, 3.63) is 36.0 Å². The van der Waals surface area contributed by atoms with E-state index in [1.165, 1.54) is 6.07 Å². The zero-order valence-electron chi connectivity index (χ0n) is 7.56. The van der Waals surface area contributed by atoms with Crippen LogP contribution in [0.5, 0.6) is 0 Å². The van der Waals surface area contributed by atoms with Crippen molar-refractivity contribution < 1.29 is 19.7 Å². The van der Waals surface area contributed by atoms with E-state index in [9.17, 15) is 9.59 Å². The van der Waals surface area contributed by atoms with Gasteiger partial charge in [-0.1, -0.05) is 18.2 Å². The third kappa shape index (κ3) is 1.60. The molecule has 1 aromatic carbocycles. The van der Waals surface area contributed by atoms with E-state index in [-0.39, 0.29) is 5.69 Å². The average molecular weight is 205 g/mol. The second kappa shape index (κ2) is 3.55. The van der Waals surface area contributed by atoms with Crippen LogP contribution in [0.2, 0.25) is 0 Å². The maximum absolute atomic E-state index is 11.3. The number of H-pyrrole nitrogens is 1. The van der Waals surface area contributed by atoms with Crippen LogP contribution in [-0.2, 0) is 9.68 Å². The molecule has 0 atom stereocenters. The predicted molar refractivity (Wildman–Crippen MR) is 51.4 cm³/mol. The number of hydrogen-bond acceptors (Lipinski definition) is 4. The Morgan fingerprint density at radius 2 is 2.00 bits per heavy atom. The Hall–Kier alpha value is -2.14. The fourth-order valence-electron chi connectivity index (χ4n) is 1.35. The highest BCUT2D eigenvalue weighted by Crippen LogP contribution is 2.15. The van der Waals surface area contributed by atoms with Crippen LogP contribution in [0.3, 0.4) is 0 Å². The SMILES string of the molecule is O=C(OO)C(=O)c1cc2ccccc2[nH]1. The zero-order valence-corrected chi connectivity index (χ0v) is 7.56. The van der Waals surface area contributed by atoms with Gasteiger partial charge in [0.1, 0.15) is 0 Å². The van der Waals surface area contributed by atoms with Gasteiger partial charge in [0, 0.05) is 10.9 Å². The Balaban J connectivity index is 2.45. The van der Waals surface area contributed by atoms with Crippen LogP contribution < -0.4 is 0 Å². The number of carbonyl (C=O) groups is 2. The fraction of sp³-hybridized carbons (Fsp3) is 0. The molecule has 2 N–H and O–H groups in total. The predicted octanol–water partition coefficient (Wildman–Crippen LogP) is 1.37. The molecule has 2 aromatic rings. The third-order valence-electron chi connectivity index (χ3n) is 2.04. The summed E-state index contributed by atoms with van der Waals surface area (Å²) < 4.78 is 0. The zero-order chi connectivity index (χ0) is 10.8. The summed E-state index contributed by atoms with van der Waals surface area (Å²) in [6.07, 6.45) is 0. The van der Waals surface area contributed by atoms with Gasteiger partial charge in [-0.15, -0.1) is 0 Å². The number of Topliss-reactive ketones (excluding diaryl/α,β-unsaturated/α-hetero) is 1. The van der Waals surface area contributed by atoms with Crippen LogP contribution >= 0.6 is 0 Å². The van der Waals surface area contributed by atoms with E-state index in [4.69, 9.17) is 5.26 Å². The molecule has 1 heterocycles. The number of aromatic amines is 1. The lowest BCUT2D eigenvalue weighted by atomic mass is 10.2. The van der Waals surface area contributed by atoms with E-state index in [1.54, 1.807) is 18.2 Å². The van der Waals surface area contributed by atoms with E-state index in [2.05, 4.69) is 9.87 Å². The maximum Gasteiger partial charge on any atom is 0.414 e. The molecule has 0 aliphatic heterocycles. The second-order valence-corrected chi connectivity index (χ2v) is 2.98. The van der Waals surface area contributed by atoms with Crippen LogP contribution in [-0.4, -0.2) is 22.0 Å². The molecule has 0 amide bonds. The van der Waals surface area contributed by atoms with Gasteiger partial charge in [0.15, 0.2) is 0 Å². The van der Waals surface area contributed by atoms with Gasteiger partial charge < -0.3 is 4.98 Å². The lowest BCUT2D eigenvalue weighted by Crippen LogP contribution is -2.16. The molecule has 0 spiro atoms. The first-order chi connectivity index (χ1) is 7.22. The van der Waals surface area contributed by atoms with Crippen LogP contribution in [0.4, 0.5) is 0 Å². The van der Waals surface area contributed by atoms with Crippen molar-refractivity contribution in [3.63, 3.8) is 0 Å². The highest BCUT2D eigenvalue weighted by Gasteiger charge is 2.19. The molecular weight excluding hydrogens is 198 g/mol. The second-order valence-electron chi connectivity index (χ2n) is 2.98. The molecule has 2 rings (SSSR count). The lowest BCUT2D eigenvalue weighted by Gasteiger charge is -1.91. The van der Waals surface area contributed by atoms with Crippen molar-refractivity contribution in [1.29, 1.82) is 0 Å². The average Bonchev–Trinajstić information content (AvgIpc) is 2.70. The highest BCUT2D eigenvalue weighted by atomic mass is 17.1.